The molecule has 1 amide bonds. The summed E-state index contributed by atoms with van der Waals surface area (Å²) in [6.45, 7) is 3.31. The second-order valence-electron chi connectivity index (χ2n) is 6.87. The Morgan fingerprint density at radius 2 is 2.20 bits per heavy atom. The van der Waals surface area contributed by atoms with Gasteiger partial charge in [0, 0.05) is 47.5 Å². The molecule has 3 fully saturated rings. The lowest BCUT2D eigenvalue weighted by Gasteiger charge is -2.44. The molecule has 7 heteroatoms. The minimum Gasteiger partial charge on any atom is -0.346 e. The fourth-order valence-corrected chi connectivity index (χ4v) is 4.92. The maximum absolute atomic E-state index is 12.7. The third-order valence-corrected chi connectivity index (χ3v) is 6.35. The molecule has 2 N–H and O–H groups in total. The minimum absolute atomic E-state index is 0.0720. The molecule has 0 radical (unpaired) electrons. The first kappa shape index (κ1) is 15.0. The number of hydrogen-bond donors (Lipinski definition) is 2. The molecule has 128 valence electrons. The summed E-state index contributed by atoms with van der Waals surface area (Å²) in [5.41, 5.74) is 1.50. The number of nitrogens with one attached hydrogen (secondary N) is 2. The van der Waals surface area contributed by atoms with E-state index in [1.807, 2.05) is 6.07 Å². The summed E-state index contributed by atoms with van der Waals surface area (Å²) in [5.74, 6) is 1.36. The van der Waals surface area contributed by atoms with Crippen molar-refractivity contribution in [2.75, 3.05) is 19.6 Å². The molecule has 0 unspecified atom stereocenters. The molecule has 3 aromatic heterocycles. The van der Waals surface area contributed by atoms with Crippen LogP contribution >= 0.6 is 11.3 Å². The van der Waals surface area contributed by atoms with Crippen molar-refractivity contribution in [3.05, 3.63) is 35.7 Å². The van der Waals surface area contributed by atoms with Crippen molar-refractivity contribution in [1.82, 2.24) is 25.2 Å². The molecule has 6 rings (SSSR count). The molecular formula is C18H19N5OS. The van der Waals surface area contributed by atoms with E-state index >= 15 is 0 Å². The fourth-order valence-electron chi connectivity index (χ4n) is 4.02. The SMILES string of the molecule is O=C(N[C@H]1CN2CCC1CC2)c1cc2c(-c3ncc[nH]3)csc2cn1. The number of nitrogens with zero attached hydrogens (tertiary/aromatic N) is 3. The highest BCUT2D eigenvalue weighted by Crippen LogP contribution is 2.32. The van der Waals surface area contributed by atoms with Crippen molar-refractivity contribution >= 4 is 27.3 Å². The molecule has 6 heterocycles. The predicted octanol–water partition coefficient (Wildman–Crippen LogP) is 2.51. The Hall–Kier alpha value is -2.25. The van der Waals surface area contributed by atoms with Gasteiger partial charge in [0.1, 0.15) is 11.5 Å². The molecule has 3 saturated heterocycles. The second kappa shape index (κ2) is 5.93. The van der Waals surface area contributed by atoms with Gasteiger partial charge in [0.25, 0.3) is 5.91 Å². The summed E-state index contributed by atoms with van der Waals surface area (Å²) in [6, 6.07) is 2.14. The average Bonchev–Trinajstić information content (AvgIpc) is 3.31. The van der Waals surface area contributed by atoms with E-state index in [1.54, 1.807) is 29.9 Å². The molecule has 0 aliphatic carbocycles. The van der Waals surface area contributed by atoms with Crippen LogP contribution in [-0.4, -0.2) is 51.4 Å². The van der Waals surface area contributed by atoms with Crippen LogP contribution in [0.4, 0.5) is 0 Å². The van der Waals surface area contributed by atoms with E-state index in [4.69, 9.17) is 0 Å². The second-order valence-corrected chi connectivity index (χ2v) is 7.78. The van der Waals surface area contributed by atoms with Gasteiger partial charge < -0.3 is 15.2 Å². The van der Waals surface area contributed by atoms with E-state index in [9.17, 15) is 4.79 Å². The standard InChI is InChI=1S/C18H19N5OS/c24-18(22-15-9-23-5-1-11(15)2-6-23)14-7-12-13(17-19-3-4-20-17)10-25-16(12)8-21-14/h3-4,7-8,10-11,15H,1-2,5-6,9H2,(H,19,20)(H,22,24)/t15-/m0/s1. The lowest BCUT2D eigenvalue weighted by Crippen LogP contribution is -2.57. The van der Waals surface area contributed by atoms with Crippen molar-refractivity contribution in [3.8, 4) is 11.4 Å². The number of piperidine rings is 3. The zero-order valence-electron chi connectivity index (χ0n) is 13.7. The summed E-state index contributed by atoms with van der Waals surface area (Å²) < 4.78 is 1.06. The molecule has 0 spiro atoms. The van der Waals surface area contributed by atoms with Crippen LogP contribution in [-0.2, 0) is 0 Å². The van der Waals surface area contributed by atoms with Crippen molar-refractivity contribution < 1.29 is 4.79 Å². The Labute approximate surface area is 149 Å². The Morgan fingerprint density at radius 3 is 2.92 bits per heavy atom. The van der Waals surface area contributed by atoms with Gasteiger partial charge in [-0.3, -0.25) is 4.79 Å². The monoisotopic (exact) mass is 353 g/mol. The van der Waals surface area contributed by atoms with Crippen LogP contribution in [0.3, 0.4) is 0 Å². The highest BCUT2D eigenvalue weighted by molar-refractivity contribution is 7.17. The van der Waals surface area contributed by atoms with Crippen LogP contribution < -0.4 is 5.32 Å². The zero-order chi connectivity index (χ0) is 16.8. The number of imidazole rings is 1. The Morgan fingerprint density at radius 1 is 1.32 bits per heavy atom. The third-order valence-electron chi connectivity index (χ3n) is 5.42. The topological polar surface area (TPSA) is 73.9 Å². The molecule has 3 aliphatic heterocycles. The molecule has 3 aromatic rings. The van der Waals surface area contributed by atoms with E-state index < -0.39 is 0 Å². The summed E-state index contributed by atoms with van der Waals surface area (Å²) in [4.78, 5) is 27.0. The van der Waals surface area contributed by atoms with Crippen LogP contribution in [0.25, 0.3) is 21.5 Å². The molecule has 6 nitrogen and oxygen atoms in total. The van der Waals surface area contributed by atoms with E-state index in [-0.39, 0.29) is 11.9 Å². The third kappa shape index (κ3) is 2.63. The number of carbonyl (C=O) groups is 1. The molecule has 25 heavy (non-hydrogen) atoms. The van der Waals surface area contributed by atoms with Crippen LogP contribution in [0.1, 0.15) is 23.3 Å². The van der Waals surface area contributed by atoms with Crippen LogP contribution in [0, 0.1) is 5.92 Å². The van der Waals surface area contributed by atoms with Gasteiger partial charge in [-0.25, -0.2) is 9.97 Å². The molecule has 1 atom stereocenters. The van der Waals surface area contributed by atoms with Gasteiger partial charge in [0.2, 0.25) is 0 Å². The van der Waals surface area contributed by atoms with Gasteiger partial charge >= 0.3 is 0 Å². The molecule has 0 saturated carbocycles. The minimum atomic E-state index is -0.0720. The van der Waals surface area contributed by atoms with E-state index in [0.717, 1.165) is 28.0 Å². The van der Waals surface area contributed by atoms with Crippen LogP contribution in [0.2, 0.25) is 0 Å². The number of thiophene rings is 1. The summed E-state index contributed by atoms with van der Waals surface area (Å²) >= 11 is 1.62. The number of fused-ring (bicyclic) bond motifs is 4. The number of aromatic amines is 1. The smallest absolute Gasteiger partial charge is 0.270 e. The number of H-pyrrole nitrogens is 1. The first-order valence-electron chi connectivity index (χ1n) is 8.68. The first-order valence-corrected chi connectivity index (χ1v) is 9.56. The fraction of sp³-hybridized carbons (Fsp3) is 0.389. The summed E-state index contributed by atoms with van der Waals surface area (Å²) in [6.07, 6.45) is 7.70. The maximum Gasteiger partial charge on any atom is 0.270 e. The summed E-state index contributed by atoms with van der Waals surface area (Å²) in [7, 11) is 0. The van der Waals surface area contributed by atoms with E-state index in [2.05, 4.69) is 30.5 Å². The highest BCUT2D eigenvalue weighted by Gasteiger charge is 2.35. The van der Waals surface area contributed by atoms with Crippen molar-refractivity contribution in [2.45, 2.75) is 18.9 Å². The van der Waals surface area contributed by atoms with Crippen LogP contribution in [0.15, 0.2) is 30.0 Å². The van der Waals surface area contributed by atoms with Gasteiger partial charge in [-0.2, -0.15) is 0 Å². The van der Waals surface area contributed by atoms with Crippen molar-refractivity contribution in [3.63, 3.8) is 0 Å². The number of aromatic nitrogens is 3. The van der Waals surface area contributed by atoms with Gasteiger partial charge in [-0.1, -0.05) is 0 Å². The van der Waals surface area contributed by atoms with Gasteiger partial charge in [-0.05, 0) is 37.9 Å². The number of hydrogen-bond acceptors (Lipinski definition) is 5. The summed E-state index contributed by atoms with van der Waals surface area (Å²) in [5, 5.41) is 6.29. The number of pyridine rings is 1. The van der Waals surface area contributed by atoms with Crippen molar-refractivity contribution in [1.29, 1.82) is 0 Å². The number of carbonyl (C=O) groups excluding carboxylic acids is 1. The Balaban J connectivity index is 1.42. The lowest BCUT2D eigenvalue weighted by molar-refractivity contribution is 0.0618. The van der Waals surface area contributed by atoms with E-state index in [0.29, 0.717) is 11.6 Å². The van der Waals surface area contributed by atoms with Crippen LogP contribution in [0.5, 0.6) is 0 Å². The molecule has 2 bridgehead atoms. The van der Waals surface area contributed by atoms with E-state index in [1.165, 1.54) is 25.9 Å². The maximum atomic E-state index is 12.7. The average molecular weight is 353 g/mol. The zero-order valence-corrected chi connectivity index (χ0v) is 14.6. The number of amides is 1. The van der Waals surface area contributed by atoms with Gasteiger partial charge in [0.15, 0.2) is 0 Å². The quantitative estimate of drug-likeness (QED) is 0.759. The lowest BCUT2D eigenvalue weighted by atomic mass is 9.84. The van der Waals surface area contributed by atoms with Gasteiger partial charge in [0.05, 0.1) is 4.70 Å². The molecule has 3 aliphatic rings. The normalized spacial score (nSPS) is 25.4. The predicted molar refractivity (Wildman–Crippen MR) is 97.6 cm³/mol. The largest absolute Gasteiger partial charge is 0.346 e. The molecular weight excluding hydrogens is 334 g/mol. The van der Waals surface area contributed by atoms with Gasteiger partial charge in [-0.15, -0.1) is 11.3 Å². The Kier molecular flexibility index (Phi) is 3.57. The molecule has 0 aromatic carbocycles. The number of rotatable bonds is 3. The highest BCUT2D eigenvalue weighted by atomic mass is 32.1. The first-order chi connectivity index (χ1) is 12.3. The van der Waals surface area contributed by atoms with Crippen molar-refractivity contribution in [2.24, 2.45) is 5.92 Å². The Bertz CT molecular complexity index is 911.